The molecule has 0 aliphatic carbocycles. The predicted octanol–water partition coefficient (Wildman–Crippen LogP) is 1.84. The molecule has 5 N–H and O–H groups in total. The largest absolute Gasteiger partial charge is 0.490 e. The maximum atomic E-state index is 11.7. The number of aliphatic carboxylic acids is 1. The molecule has 0 saturated carbocycles. The number of aromatic nitrogens is 7. The van der Waals surface area contributed by atoms with Crippen molar-refractivity contribution >= 4 is 35.1 Å². The topological polar surface area (TPSA) is 178 Å². The molecule has 4 heterocycles. The van der Waals surface area contributed by atoms with E-state index in [9.17, 15) is 18.0 Å². The van der Waals surface area contributed by atoms with Crippen molar-refractivity contribution in [2.24, 2.45) is 0 Å². The van der Waals surface area contributed by atoms with Crippen molar-refractivity contribution < 1.29 is 27.9 Å². The molecular formula is C18H17F3N10O3. The van der Waals surface area contributed by atoms with E-state index in [4.69, 9.17) is 15.6 Å². The lowest BCUT2D eigenvalue weighted by Gasteiger charge is -2.06. The lowest BCUT2D eigenvalue weighted by molar-refractivity contribution is -0.192. The average Bonchev–Trinajstić information content (AvgIpc) is 3.36. The molecule has 178 valence electrons. The van der Waals surface area contributed by atoms with Gasteiger partial charge in [0, 0.05) is 31.6 Å². The van der Waals surface area contributed by atoms with Crippen molar-refractivity contribution in [1.29, 1.82) is 0 Å². The number of hydrogen-bond donors (Lipinski definition) is 4. The van der Waals surface area contributed by atoms with Crippen LogP contribution in [0.2, 0.25) is 0 Å². The maximum absolute atomic E-state index is 11.7. The zero-order valence-corrected chi connectivity index (χ0v) is 17.6. The lowest BCUT2D eigenvalue weighted by Crippen LogP contribution is -2.24. The monoisotopic (exact) mass is 478 g/mol. The fourth-order valence-corrected chi connectivity index (χ4v) is 2.66. The van der Waals surface area contributed by atoms with Crippen molar-refractivity contribution in [3.05, 3.63) is 42.5 Å². The molecule has 1 amide bonds. The first kappa shape index (κ1) is 23.9. The Morgan fingerprint density at radius 2 is 1.88 bits per heavy atom. The highest BCUT2D eigenvalue weighted by Gasteiger charge is 2.38. The average molecular weight is 478 g/mol. The zero-order chi connectivity index (χ0) is 25.0. The molecule has 0 aliphatic rings. The number of anilines is 3. The van der Waals surface area contributed by atoms with Gasteiger partial charge in [0.25, 0.3) is 0 Å². The SMILES string of the molecule is CNC(=O)n1ccc(Nc2nc3cccnn3c2-c2cc(N)nc(C)n2)n1.O=C(O)C(F)(F)F. The minimum atomic E-state index is -5.08. The summed E-state index contributed by atoms with van der Waals surface area (Å²) in [5.41, 5.74) is 7.68. The highest BCUT2D eigenvalue weighted by molar-refractivity contribution is 5.79. The number of carboxylic acid groups (broad SMARTS) is 1. The first-order chi connectivity index (χ1) is 16.0. The number of rotatable bonds is 3. The van der Waals surface area contributed by atoms with Crippen LogP contribution in [0.1, 0.15) is 5.82 Å². The molecule has 0 unspecified atom stereocenters. The van der Waals surface area contributed by atoms with E-state index in [1.807, 2.05) is 6.07 Å². The molecule has 0 aliphatic heterocycles. The summed E-state index contributed by atoms with van der Waals surface area (Å²) < 4.78 is 34.6. The second-order valence-electron chi connectivity index (χ2n) is 6.46. The van der Waals surface area contributed by atoms with Gasteiger partial charge in [-0.2, -0.15) is 23.0 Å². The fraction of sp³-hybridized carbons (Fsp3) is 0.167. The summed E-state index contributed by atoms with van der Waals surface area (Å²) >= 11 is 0. The fourth-order valence-electron chi connectivity index (χ4n) is 2.66. The van der Waals surface area contributed by atoms with E-state index >= 15 is 0 Å². The Morgan fingerprint density at radius 3 is 2.50 bits per heavy atom. The summed E-state index contributed by atoms with van der Waals surface area (Å²) in [5.74, 6) is -0.952. The van der Waals surface area contributed by atoms with E-state index in [1.54, 1.807) is 42.0 Å². The minimum Gasteiger partial charge on any atom is -0.475 e. The van der Waals surface area contributed by atoms with Gasteiger partial charge in [-0.3, -0.25) is 0 Å². The number of carbonyl (C=O) groups excluding carboxylic acids is 1. The number of nitrogens with two attached hydrogens (primary N) is 1. The molecule has 16 heteroatoms. The van der Waals surface area contributed by atoms with Gasteiger partial charge in [-0.1, -0.05) is 0 Å². The molecule has 4 rings (SSSR count). The van der Waals surface area contributed by atoms with Crippen LogP contribution in [0.4, 0.5) is 35.4 Å². The van der Waals surface area contributed by atoms with Crippen molar-refractivity contribution in [1.82, 2.24) is 39.7 Å². The summed E-state index contributed by atoms with van der Waals surface area (Å²) in [6, 6.07) is 6.58. The molecule has 0 spiro atoms. The van der Waals surface area contributed by atoms with Crippen LogP contribution >= 0.6 is 0 Å². The number of carbonyl (C=O) groups is 2. The molecule has 0 bridgehead atoms. The summed E-state index contributed by atoms with van der Waals surface area (Å²) in [7, 11) is 1.53. The third kappa shape index (κ3) is 5.34. The smallest absolute Gasteiger partial charge is 0.475 e. The van der Waals surface area contributed by atoms with Crippen LogP contribution in [0.3, 0.4) is 0 Å². The predicted molar refractivity (Wildman–Crippen MR) is 112 cm³/mol. The van der Waals surface area contributed by atoms with Crippen molar-refractivity contribution in [3.8, 4) is 11.4 Å². The number of hydrogen-bond acceptors (Lipinski definition) is 9. The number of imidazole rings is 1. The van der Waals surface area contributed by atoms with Crippen molar-refractivity contribution in [2.75, 3.05) is 18.1 Å². The molecule has 34 heavy (non-hydrogen) atoms. The van der Waals surface area contributed by atoms with Gasteiger partial charge < -0.3 is 21.5 Å². The second-order valence-corrected chi connectivity index (χ2v) is 6.46. The second kappa shape index (κ2) is 9.39. The van der Waals surface area contributed by atoms with Gasteiger partial charge in [0.05, 0.1) is 5.69 Å². The van der Waals surface area contributed by atoms with Crippen LogP contribution in [-0.2, 0) is 4.79 Å². The van der Waals surface area contributed by atoms with E-state index in [0.717, 1.165) is 0 Å². The van der Waals surface area contributed by atoms with E-state index in [0.29, 0.717) is 40.3 Å². The first-order valence-corrected chi connectivity index (χ1v) is 9.29. The first-order valence-electron chi connectivity index (χ1n) is 9.29. The molecule has 4 aromatic rings. The molecule has 4 aromatic heterocycles. The summed E-state index contributed by atoms with van der Waals surface area (Å²) in [6.45, 7) is 1.76. The third-order valence-electron chi connectivity index (χ3n) is 3.99. The van der Waals surface area contributed by atoms with E-state index in [-0.39, 0.29) is 6.03 Å². The number of nitrogen functional groups attached to an aromatic ring is 1. The van der Waals surface area contributed by atoms with Gasteiger partial charge >= 0.3 is 18.2 Å². The molecule has 0 atom stereocenters. The van der Waals surface area contributed by atoms with E-state index in [2.05, 4.69) is 35.8 Å². The van der Waals surface area contributed by atoms with Gasteiger partial charge in [0.15, 0.2) is 17.3 Å². The van der Waals surface area contributed by atoms with E-state index < -0.39 is 12.1 Å². The van der Waals surface area contributed by atoms with Crippen LogP contribution in [0, 0.1) is 6.92 Å². The molecule has 13 nitrogen and oxygen atoms in total. The maximum Gasteiger partial charge on any atom is 0.490 e. The number of carboxylic acids is 1. The van der Waals surface area contributed by atoms with Gasteiger partial charge in [-0.15, -0.1) is 5.10 Å². The van der Waals surface area contributed by atoms with Crippen LogP contribution in [-0.4, -0.2) is 64.7 Å². The molecule has 0 fully saturated rings. The van der Waals surface area contributed by atoms with Crippen LogP contribution in [0.25, 0.3) is 17.0 Å². The molecule has 0 saturated heterocycles. The Labute approximate surface area is 188 Å². The molecule has 0 aromatic carbocycles. The van der Waals surface area contributed by atoms with Gasteiger partial charge in [-0.05, 0) is 19.1 Å². The van der Waals surface area contributed by atoms with Crippen molar-refractivity contribution in [3.63, 3.8) is 0 Å². The Hall–Kier alpha value is -4.76. The Bertz CT molecular complexity index is 1330. The Kier molecular flexibility index (Phi) is 6.60. The highest BCUT2D eigenvalue weighted by Crippen LogP contribution is 2.29. The number of nitrogens with one attached hydrogen (secondary N) is 2. The highest BCUT2D eigenvalue weighted by atomic mass is 19.4. The summed E-state index contributed by atoms with van der Waals surface area (Å²) in [5, 5.41) is 21.3. The summed E-state index contributed by atoms with van der Waals surface area (Å²) in [4.78, 5) is 33.7. The number of fused-ring (bicyclic) bond motifs is 1. The number of alkyl halides is 3. The lowest BCUT2D eigenvalue weighted by atomic mass is 10.3. The standard InChI is InChI=1S/C16H16N10O.C2HF3O2/c1-9-20-10(8-11(17)21-9)14-15(23-13-4-3-6-19-26(13)14)22-12-5-7-25(24-12)16(27)18-2;3-2(4,5)1(6)7/h3-8H,1-2H3,(H,18,27)(H,22,24)(H2,17,20,21);(H,6,7). The molecule has 0 radical (unpaired) electrons. The number of nitrogens with zero attached hydrogens (tertiary/aromatic N) is 7. The van der Waals surface area contributed by atoms with Gasteiger partial charge in [0.2, 0.25) is 0 Å². The van der Waals surface area contributed by atoms with Crippen LogP contribution in [0.15, 0.2) is 36.7 Å². The van der Waals surface area contributed by atoms with Crippen molar-refractivity contribution in [2.45, 2.75) is 13.1 Å². The van der Waals surface area contributed by atoms with Crippen LogP contribution in [0.5, 0.6) is 0 Å². The van der Waals surface area contributed by atoms with Crippen LogP contribution < -0.4 is 16.4 Å². The summed E-state index contributed by atoms with van der Waals surface area (Å²) in [6.07, 6.45) is -1.89. The Balaban J connectivity index is 0.000000406. The molecular weight excluding hydrogens is 461 g/mol. The quantitative estimate of drug-likeness (QED) is 0.339. The minimum absolute atomic E-state index is 0.346. The Morgan fingerprint density at radius 1 is 1.18 bits per heavy atom. The number of halogens is 3. The van der Waals surface area contributed by atoms with E-state index in [1.165, 1.54) is 11.7 Å². The van der Waals surface area contributed by atoms with Gasteiger partial charge in [0.1, 0.15) is 17.3 Å². The van der Waals surface area contributed by atoms with Gasteiger partial charge in [-0.25, -0.2) is 29.1 Å². The zero-order valence-electron chi connectivity index (χ0n) is 17.6. The third-order valence-corrected chi connectivity index (χ3v) is 3.99. The number of amides is 1. The number of aryl methyl sites for hydroxylation is 1. The normalized spacial score (nSPS) is 11.0.